The largest absolute Gasteiger partial charge is 0.242 e. The summed E-state index contributed by atoms with van der Waals surface area (Å²) in [5.74, 6) is 0. The van der Waals surface area contributed by atoms with Gasteiger partial charge in [-0.1, -0.05) is 219 Å². The Morgan fingerprint density at radius 2 is 0.919 bits per heavy atom. The lowest BCUT2D eigenvalue weighted by Crippen LogP contribution is -2.49. The first kappa shape index (κ1) is 45.4. The minimum absolute atomic E-state index is 0.172. The second kappa shape index (κ2) is 20.1. The number of allylic oxidation sites excluding steroid dienone is 5. The number of hydrogen-bond acceptors (Lipinski definition) is 0. The Hall–Kier alpha value is -6.18. The molecule has 0 N–H and O–H groups in total. The maximum atomic E-state index is 4.53. The van der Waals surface area contributed by atoms with Crippen LogP contribution in [0.25, 0.3) is 27.8 Å². The van der Waals surface area contributed by atoms with Crippen LogP contribution >= 0.6 is 0 Å². The molecule has 0 bridgehead atoms. The quantitative estimate of drug-likeness (QED) is 0.152. The van der Waals surface area contributed by atoms with Crippen LogP contribution in [0.3, 0.4) is 0 Å². The van der Waals surface area contributed by atoms with Crippen LogP contribution in [0.4, 0.5) is 0 Å². The van der Waals surface area contributed by atoms with E-state index < -0.39 is 0 Å². The van der Waals surface area contributed by atoms with Gasteiger partial charge in [0.2, 0.25) is 6.71 Å². The minimum Gasteiger partial charge on any atom is -0.0912 e. The van der Waals surface area contributed by atoms with Crippen molar-refractivity contribution in [3.05, 3.63) is 242 Å². The lowest BCUT2D eigenvalue weighted by atomic mass is 9.33. The molecule has 0 unspecified atom stereocenters. The summed E-state index contributed by atoms with van der Waals surface area (Å²) in [6.45, 7) is 31.2. The van der Waals surface area contributed by atoms with Crippen LogP contribution in [0, 0.1) is 83.1 Å². The highest BCUT2D eigenvalue weighted by molar-refractivity contribution is 6.92. The van der Waals surface area contributed by atoms with Crippen molar-refractivity contribution >= 4 is 23.2 Å². The van der Waals surface area contributed by atoms with Crippen LogP contribution in [-0.4, -0.2) is 6.71 Å². The van der Waals surface area contributed by atoms with E-state index in [0.717, 1.165) is 12.0 Å². The number of fused-ring (bicyclic) bond motifs is 1. The number of aryl methyl sites for hydroxylation is 11. The summed E-state index contributed by atoms with van der Waals surface area (Å²) in [7, 11) is 0. The van der Waals surface area contributed by atoms with Gasteiger partial charge in [0.25, 0.3) is 0 Å². The fourth-order valence-corrected chi connectivity index (χ4v) is 9.58. The predicted molar refractivity (Wildman–Crippen MR) is 275 cm³/mol. The summed E-state index contributed by atoms with van der Waals surface area (Å²) in [4.78, 5) is 0. The summed E-state index contributed by atoms with van der Waals surface area (Å²) in [5.41, 5.74) is 29.3. The van der Waals surface area contributed by atoms with Crippen molar-refractivity contribution in [2.45, 2.75) is 89.5 Å². The molecule has 0 heterocycles. The second-order valence-electron chi connectivity index (χ2n) is 17.7. The zero-order valence-corrected chi connectivity index (χ0v) is 39.4. The molecule has 0 fully saturated rings. The molecule has 7 aromatic carbocycles. The lowest BCUT2D eigenvalue weighted by Gasteiger charge is -2.26. The average molecular weight is 809 g/mol. The highest BCUT2D eigenvalue weighted by Crippen LogP contribution is 2.37. The molecule has 62 heavy (non-hydrogen) atoms. The fourth-order valence-electron chi connectivity index (χ4n) is 9.58. The zero-order chi connectivity index (χ0) is 44.7. The van der Waals surface area contributed by atoms with Crippen LogP contribution in [0.15, 0.2) is 164 Å². The van der Waals surface area contributed by atoms with Crippen molar-refractivity contribution in [1.29, 1.82) is 0 Å². The normalized spacial score (nSPS) is 13.2. The smallest absolute Gasteiger partial charge is 0.0912 e. The first-order valence-corrected chi connectivity index (χ1v) is 22.2. The molecule has 1 aliphatic rings. The molecule has 0 radical (unpaired) electrons. The van der Waals surface area contributed by atoms with Gasteiger partial charge in [0.05, 0.1) is 0 Å². The number of rotatable bonds is 5. The van der Waals surface area contributed by atoms with E-state index in [1.54, 1.807) is 0 Å². The van der Waals surface area contributed by atoms with Gasteiger partial charge in [0.1, 0.15) is 0 Å². The highest BCUT2D eigenvalue weighted by Gasteiger charge is 2.30. The van der Waals surface area contributed by atoms with Crippen molar-refractivity contribution in [3.63, 3.8) is 0 Å². The monoisotopic (exact) mass is 809 g/mol. The van der Waals surface area contributed by atoms with Gasteiger partial charge >= 0.3 is 0 Å². The third-order valence-corrected chi connectivity index (χ3v) is 12.5. The first-order chi connectivity index (χ1) is 29.6. The predicted octanol–water partition coefficient (Wildman–Crippen LogP) is 15.0. The van der Waals surface area contributed by atoms with Crippen molar-refractivity contribution in [1.82, 2.24) is 0 Å². The second-order valence-corrected chi connectivity index (χ2v) is 17.7. The Labute approximate surface area is 374 Å². The molecular weight excluding hydrogens is 743 g/mol. The van der Waals surface area contributed by atoms with E-state index in [-0.39, 0.29) is 6.71 Å². The molecule has 0 saturated carbocycles. The third-order valence-electron chi connectivity index (χ3n) is 12.5. The Bertz CT molecular complexity index is 2690. The molecule has 0 spiro atoms. The van der Waals surface area contributed by atoms with Crippen molar-refractivity contribution in [2.75, 3.05) is 0 Å². The average Bonchev–Trinajstić information content (AvgIpc) is 3.21. The summed E-state index contributed by atoms with van der Waals surface area (Å²) < 4.78 is 0. The molecule has 0 amide bonds. The molecule has 0 aromatic heterocycles. The van der Waals surface area contributed by atoms with Gasteiger partial charge in [-0.3, -0.25) is 0 Å². The van der Waals surface area contributed by atoms with Gasteiger partial charge in [0.15, 0.2) is 0 Å². The van der Waals surface area contributed by atoms with E-state index in [0.29, 0.717) is 0 Å². The van der Waals surface area contributed by atoms with Gasteiger partial charge in [-0.25, -0.2) is 0 Å². The van der Waals surface area contributed by atoms with E-state index in [9.17, 15) is 0 Å². The van der Waals surface area contributed by atoms with Crippen LogP contribution in [0.1, 0.15) is 77.9 Å². The Kier molecular flexibility index (Phi) is 14.7. The maximum absolute atomic E-state index is 4.53. The van der Waals surface area contributed by atoms with Gasteiger partial charge in [-0.05, 0) is 151 Å². The molecule has 1 heteroatoms. The van der Waals surface area contributed by atoms with Crippen molar-refractivity contribution < 1.29 is 0 Å². The van der Waals surface area contributed by atoms with Crippen molar-refractivity contribution in [2.24, 2.45) is 0 Å². The van der Waals surface area contributed by atoms with Crippen LogP contribution in [-0.2, 0) is 6.42 Å². The standard InChI is InChI=1S/C32H35B.C22H22.C7H8/c1-20-12-13-28-10-9-11-29(19-23(4)30(28)18-20)33(31-24(5)14-21(2)15-25(31)6)32-26(7)16-22(3)17-27(32)8;1-15-9-5-7-11-19(15)21-14-13-17(3)22(18(21)4)20-12-8-6-10-16(20)2;1-7-5-3-2-4-6-7/h9,11-19H,4,10H2,1-3,5-8H3;5-14H,1-4H3;2-6H,1H3/b11-9-,29-19+;;. The SMILES string of the molecule is C=C1/C=C(B(c2c(C)cc(C)cc2C)c2c(C)cc(C)cc2C)\C=C/Cc2ccc(C)cc21.Cc1ccccc1.Cc1ccccc1-c1ccc(C)c(-c2ccccc2C)c1C. The molecule has 312 valence electrons. The molecule has 1 aliphatic carbocycles. The summed E-state index contributed by atoms with van der Waals surface area (Å²) >= 11 is 0. The van der Waals surface area contributed by atoms with Crippen LogP contribution in [0.2, 0.25) is 0 Å². The highest BCUT2D eigenvalue weighted by atomic mass is 14.2. The minimum atomic E-state index is 0.172. The van der Waals surface area contributed by atoms with Crippen molar-refractivity contribution in [3.8, 4) is 22.3 Å². The van der Waals surface area contributed by atoms with E-state index in [1.807, 2.05) is 18.2 Å². The topological polar surface area (TPSA) is 0 Å². The summed E-state index contributed by atoms with van der Waals surface area (Å²) in [5, 5.41) is 0. The molecule has 0 atom stereocenters. The van der Waals surface area contributed by atoms with E-state index in [2.05, 4.69) is 223 Å². The van der Waals surface area contributed by atoms with Gasteiger partial charge < -0.3 is 0 Å². The van der Waals surface area contributed by atoms with E-state index >= 15 is 0 Å². The van der Waals surface area contributed by atoms with Gasteiger partial charge in [0, 0.05) is 0 Å². The van der Waals surface area contributed by atoms with E-state index in [1.165, 1.54) is 117 Å². The zero-order valence-electron chi connectivity index (χ0n) is 39.4. The fraction of sp³-hybridized carbons (Fsp3) is 0.213. The number of hydrogen-bond donors (Lipinski definition) is 0. The Balaban J connectivity index is 0.000000188. The molecule has 0 nitrogen and oxygen atoms in total. The Morgan fingerprint density at radius 1 is 0.403 bits per heavy atom. The first-order valence-electron chi connectivity index (χ1n) is 22.2. The summed E-state index contributed by atoms with van der Waals surface area (Å²) in [6, 6.07) is 48.1. The van der Waals surface area contributed by atoms with Crippen LogP contribution in [0.5, 0.6) is 0 Å². The molecular formula is C61H65B. The Morgan fingerprint density at radius 3 is 1.44 bits per heavy atom. The molecule has 0 saturated heterocycles. The van der Waals surface area contributed by atoms with Gasteiger partial charge in [-0.2, -0.15) is 0 Å². The lowest BCUT2D eigenvalue weighted by molar-refractivity contribution is 1.23. The maximum Gasteiger partial charge on any atom is 0.242 e. The van der Waals surface area contributed by atoms with Gasteiger partial charge in [-0.15, -0.1) is 0 Å². The number of benzene rings is 7. The summed E-state index contributed by atoms with van der Waals surface area (Å²) in [6.07, 6.45) is 7.93. The molecule has 7 aromatic rings. The van der Waals surface area contributed by atoms with Crippen LogP contribution < -0.4 is 10.9 Å². The molecule has 0 aliphatic heterocycles. The third kappa shape index (κ3) is 10.5. The molecule has 8 rings (SSSR count). The van der Waals surface area contributed by atoms with E-state index in [4.69, 9.17) is 0 Å².